The standard InChI is InChI=1S/C15H16BrN5OS3/c1-2-5-17-13(22)9-24-15-20-19-14(25-15)23-8-11-7-21-6-10(16)3-4-12(21)18-11/h3-4,6-7H,2,5,8-9H2,1H3,(H,17,22). The van der Waals surface area contributed by atoms with Gasteiger partial charge in [0, 0.05) is 29.2 Å². The van der Waals surface area contributed by atoms with E-state index in [0.29, 0.717) is 12.3 Å². The van der Waals surface area contributed by atoms with E-state index >= 15 is 0 Å². The van der Waals surface area contributed by atoms with Crippen molar-refractivity contribution in [2.45, 2.75) is 27.8 Å². The molecule has 0 saturated heterocycles. The number of carbonyl (C=O) groups is 1. The predicted octanol–water partition coefficient (Wildman–Crippen LogP) is 3.86. The molecule has 0 aliphatic rings. The van der Waals surface area contributed by atoms with Gasteiger partial charge in [-0.15, -0.1) is 10.2 Å². The fourth-order valence-corrected chi connectivity index (χ4v) is 5.07. The van der Waals surface area contributed by atoms with Crippen LogP contribution in [0.15, 0.2) is 37.7 Å². The Bertz CT molecular complexity index is 866. The highest BCUT2D eigenvalue weighted by molar-refractivity contribution is 9.10. The molecule has 132 valence electrons. The third-order valence-corrected chi connectivity index (χ3v) is 6.79. The molecule has 10 heteroatoms. The van der Waals surface area contributed by atoms with E-state index < -0.39 is 0 Å². The summed E-state index contributed by atoms with van der Waals surface area (Å²) in [6.07, 6.45) is 4.94. The van der Waals surface area contributed by atoms with Crippen molar-refractivity contribution >= 4 is 62.3 Å². The number of nitrogens with zero attached hydrogens (tertiary/aromatic N) is 4. The molecule has 0 aliphatic carbocycles. The number of halogens is 1. The van der Waals surface area contributed by atoms with Crippen molar-refractivity contribution in [2.75, 3.05) is 12.3 Å². The van der Waals surface area contributed by atoms with Crippen molar-refractivity contribution in [3.8, 4) is 0 Å². The summed E-state index contributed by atoms with van der Waals surface area (Å²) in [5, 5.41) is 11.2. The molecule has 25 heavy (non-hydrogen) atoms. The summed E-state index contributed by atoms with van der Waals surface area (Å²) < 4.78 is 4.71. The molecule has 0 spiro atoms. The van der Waals surface area contributed by atoms with Crippen LogP contribution in [-0.2, 0) is 10.5 Å². The molecule has 6 nitrogen and oxygen atoms in total. The highest BCUT2D eigenvalue weighted by Gasteiger charge is 2.10. The highest BCUT2D eigenvalue weighted by Crippen LogP contribution is 2.30. The number of amides is 1. The van der Waals surface area contributed by atoms with Crippen LogP contribution in [0.1, 0.15) is 19.0 Å². The fourth-order valence-electron chi connectivity index (χ4n) is 1.98. The molecule has 3 aromatic rings. The second-order valence-corrected chi connectivity index (χ2v) is 9.44. The third kappa shape index (κ3) is 5.44. The quantitative estimate of drug-likeness (QED) is 0.517. The summed E-state index contributed by atoms with van der Waals surface area (Å²) in [5.74, 6) is 1.14. The second-order valence-electron chi connectivity index (χ2n) is 5.11. The molecule has 0 saturated carbocycles. The van der Waals surface area contributed by atoms with Gasteiger partial charge in [-0.2, -0.15) is 0 Å². The predicted molar refractivity (Wildman–Crippen MR) is 106 cm³/mol. The smallest absolute Gasteiger partial charge is 0.230 e. The van der Waals surface area contributed by atoms with Crippen molar-refractivity contribution in [3.63, 3.8) is 0 Å². The maximum Gasteiger partial charge on any atom is 0.230 e. The largest absolute Gasteiger partial charge is 0.355 e. The number of aromatic nitrogens is 4. The Hall–Kier alpha value is -1.10. The second kappa shape index (κ2) is 9.02. The topological polar surface area (TPSA) is 72.2 Å². The lowest BCUT2D eigenvalue weighted by atomic mass is 10.5. The van der Waals surface area contributed by atoms with Gasteiger partial charge in [0.05, 0.1) is 11.4 Å². The van der Waals surface area contributed by atoms with Crippen molar-refractivity contribution in [1.29, 1.82) is 0 Å². The third-order valence-electron chi connectivity index (χ3n) is 3.10. The highest BCUT2D eigenvalue weighted by atomic mass is 79.9. The molecule has 3 aromatic heterocycles. The van der Waals surface area contributed by atoms with Gasteiger partial charge in [0.25, 0.3) is 0 Å². The van der Waals surface area contributed by atoms with Crippen molar-refractivity contribution in [2.24, 2.45) is 0 Å². The molecule has 0 radical (unpaired) electrons. The van der Waals surface area contributed by atoms with Crippen LogP contribution < -0.4 is 5.32 Å². The average molecular weight is 458 g/mol. The molecule has 0 aromatic carbocycles. The molecular formula is C15H16BrN5OS3. The van der Waals surface area contributed by atoms with Crippen molar-refractivity contribution in [3.05, 3.63) is 34.7 Å². The zero-order chi connectivity index (χ0) is 17.6. The summed E-state index contributed by atoms with van der Waals surface area (Å²) in [6, 6.07) is 3.95. The molecule has 0 bridgehead atoms. The Kier molecular flexibility index (Phi) is 6.74. The van der Waals surface area contributed by atoms with E-state index in [1.54, 1.807) is 11.8 Å². The van der Waals surface area contributed by atoms with Crippen LogP contribution in [0.5, 0.6) is 0 Å². The van der Waals surface area contributed by atoms with Gasteiger partial charge in [-0.3, -0.25) is 4.79 Å². The van der Waals surface area contributed by atoms with Gasteiger partial charge in [-0.1, -0.05) is 41.8 Å². The van der Waals surface area contributed by atoms with Gasteiger partial charge in [0.1, 0.15) is 5.65 Å². The SMILES string of the molecule is CCCNC(=O)CSc1nnc(SCc2cn3cc(Br)ccc3n2)s1. The summed E-state index contributed by atoms with van der Waals surface area (Å²) in [5.41, 5.74) is 1.91. The van der Waals surface area contributed by atoms with Gasteiger partial charge < -0.3 is 9.72 Å². The number of pyridine rings is 1. The van der Waals surface area contributed by atoms with E-state index in [2.05, 4.69) is 36.4 Å². The van der Waals surface area contributed by atoms with Crippen LogP contribution in [0.3, 0.4) is 0 Å². The molecule has 0 unspecified atom stereocenters. The zero-order valence-corrected chi connectivity index (χ0v) is 17.5. The lowest BCUT2D eigenvalue weighted by molar-refractivity contribution is -0.118. The van der Waals surface area contributed by atoms with Crippen LogP contribution in [0.25, 0.3) is 5.65 Å². The maximum absolute atomic E-state index is 11.6. The van der Waals surface area contributed by atoms with E-state index in [-0.39, 0.29) is 5.91 Å². The minimum Gasteiger partial charge on any atom is -0.355 e. The van der Waals surface area contributed by atoms with E-state index in [1.165, 1.54) is 23.1 Å². The van der Waals surface area contributed by atoms with E-state index in [1.807, 2.05) is 35.9 Å². The summed E-state index contributed by atoms with van der Waals surface area (Å²) in [4.78, 5) is 16.2. The number of carbonyl (C=O) groups excluding carboxylic acids is 1. The molecule has 1 amide bonds. The molecule has 0 atom stereocenters. The summed E-state index contributed by atoms with van der Waals surface area (Å²) >= 11 is 7.99. The minimum absolute atomic E-state index is 0.0344. The van der Waals surface area contributed by atoms with Crippen molar-refractivity contribution < 1.29 is 4.79 Å². The molecule has 3 heterocycles. The van der Waals surface area contributed by atoms with E-state index in [4.69, 9.17) is 0 Å². The minimum atomic E-state index is 0.0344. The van der Waals surface area contributed by atoms with E-state index in [9.17, 15) is 4.79 Å². The Morgan fingerprint density at radius 3 is 2.88 bits per heavy atom. The van der Waals surface area contributed by atoms with Crippen LogP contribution >= 0.6 is 50.8 Å². The van der Waals surface area contributed by atoms with E-state index in [0.717, 1.165) is 36.7 Å². The number of nitrogens with one attached hydrogen (secondary N) is 1. The van der Waals surface area contributed by atoms with Gasteiger partial charge in [0.15, 0.2) is 8.68 Å². The first-order valence-corrected chi connectivity index (χ1v) is 11.2. The first-order chi connectivity index (χ1) is 12.1. The summed E-state index contributed by atoms with van der Waals surface area (Å²) in [6.45, 7) is 2.75. The monoisotopic (exact) mass is 457 g/mol. The number of hydrogen-bond acceptors (Lipinski definition) is 7. The Morgan fingerprint density at radius 2 is 2.08 bits per heavy atom. The molecule has 0 aliphatic heterocycles. The Labute approximate surface area is 166 Å². The fraction of sp³-hybridized carbons (Fsp3) is 0.333. The number of fused-ring (bicyclic) bond motifs is 1. The van der Waals surface area contributed by atoms with Gasteiger partial charge in [0.2, 0.25) is 5.91 Å². The number of rotatable bonds is 8. The lowest BCUT2D eigenvalue weighted by Gasteiger charge is -2.00. The first kappa shape index (κ1) is 18.7. The normalized spacial score (nSPS) is 11.1. The van der Waals surface area contributed by atoms with Gasteiger partial charge in [-0.25, -0.2) is 4.98 Å². The molecule has 1 N–H and O–H groups in total. The van der Waals surface area contributed by atoms with Gasteiger partial charge >= 0.3 is 0 Å². The van der Waals surface area contributed by atoms with Gasteiger partial charge in [-0.05, 0) is 34.5 Å². The number of imidazole rings is 1. The molecular weight excluding hydrogens is 442 g/mol. The Morgan fingerprint density at radius 1 is 1.28 bits per heavy atom. The number of thioether (sulfide) groups is 2. The van der Waals surface area contributed by atoms with Crippen LogP contribution in [0.4, 0.5) is 0 Å². The van der Waals surface area contributed by atoms with Crippen LogP contribution in [0.2, 0.25) is 0 Å². The first-order valence-electron chi connectivity index (χ1n) is 7.63. The maximum atomic E-state index is 11.6. The van der Waals surface area contributed by atoms with Crippen LogP contribution in [0, 0.1) is 0 Å². The zero-order valence-electron chi connectivity index (χ0n) is 13.4. The molecule has 3 rings (SSSR count). The van der Waals surface area contributed by atoms with Crippen molar-refractivity contribution in [1.82, 2.24) is 24.9 Å². The number of hydrogen-bond donors (Lipinski definition) is 1. The molecule has 0 fully saturated rings. The Balaban J connectivity index is 1.51. The lowest BCUT2D eigenvalue weighted by Crippen LogP contribution is -2.25. The average Bonchev–Trinajstić information content (AvgIpc) is 3.22. The summed E-state index contributed by atoms with van der Waals surface area (Å²) in [7, 11) is 0. The van der Waals surface area contributed by atoms with Crippen LogP contribution in [-0.4, -0.2) is 37.8 Å².